The molecule has 1 N–H and O–H groups in total. The third-order valence-electron chi connectivity index (χ3n) is 2.43. The first-order chi connectivity index (χ1) is 8.18. The lowest BCUT2D eigenvalue weighted by Crippen LogP contribution is -2.08. The molecule has 92 valence electrons. The van der Waals surface area contributed by atoms with Crippen molar-refractivity contribution in [2.45, 2.75) is 19.1 Å². The number of halogens is 2. The topological polar surface area (TPSA) is 38.7 Å². The average molecular weight is 242 g/mol. The van der Waals surface area contributed by atoms with E-state index in [0.717, 1.165) is 0 Å². The number of aliphatic hydroxyl groups is 1. The SMILES string of the molecule is OC(C1=CCCO1)c1ccccc1OC(F)F. The summed E-state index contributed by atoms with van der Waals surface area (Å²) in [6, 6.07) is 6.13. The Morgan fingerprint density at radius 1 is 1.29 bits per heavy atom. The van der Waals surface area contributed by atoms with Crippen molar-refractivity contribution in [2.75, 3.05) is 6.61 Å². The summed E-state index contributed by atoms with van der Waals surface area (Å²) in [7, 11) is 0. The summed E-state index contributed by atoms with van der Waals surface area (Å²) in [5, 5.41) is 10.00. The van der Waals surface area contributed by atoms with Crippen LogP contribution in [0, 0.1) is 0 Å². The first-order valence-electron chi connectivity index (χ1n) is 5.23. The van der Waals surface area contributed by atoms with Crippen LogP contribution in [0.5, 0.6) is 5.75 Å². The fraction of sp³-hybridized carbons (Fsp3) is 0.333. The number of benzene rings is 1. The Labute approximate surface area is 97.3 Å². The Morgan fingerprint density at radius 3 is 2.71 bits per heavy atom. The minimum absolute atomic E-state index is 0.0357. The van der Waals surface area contributed by atoms with Gasteiger partial charge < -0.3 is 14.6 Å². The Hall–Kier alpha value is -1.62. The predicted octanol–water partition coefficient (Wildman–Crippen LogP) is 2.63. The number of hydrogen-bond donors (Lipinski definition) is 1. The van der Waals surface area contributed by atoms with Crippen LogP contribution in [-0.4, -0.2) is 18.3 Å². The van der Waals surface area contributed by atoms with Crippen molar-refractivity contribution < 1.29 is 23.4 Å². The Balaban J connectivity index is 2.24. The maximum Gasteiger partial charge on any atom is 0.387 e. The highest BCUT2D eigenvalue weighted by Crippen LogP contribution is 2.33. The fourth-order valence-electron chi connectivity index (χ4n) is 1.69. The minimum Gasteiger partial charge on any atom is -0.495 e. The molecule has 0 amide bonds. The Morgan fingerprint density at radius 2 is 2.06 bits per heavy atom. The fourth-order valence-corrected chi connectivity index (χ4v) is 1.69. The van der Waals surface area contributed by atoms with E-state index >= 15 is 0 Å². The molecular weight excluding hydrogens is 230 g/mol. The number of alkyl halides is 2. The van der Waals surface area contributed by atoms with E-state index in [4.69, 9.17) is 4.74 Å². The summed E-state index contributed by atoms with van der Waals surface area (Å²) in [4.78, 5) is 0. The lowest BCUT2D eigenvalue weighted by Gasteiger charge is -2.16. The zero-order valence-electron chi connectivity index (χ0n) is 8.98. The molecule has 0 bridgehead atoms. The van der Waals surface area contributed by atoms with Gasteiger partial charge >= 0.3 is 6.61 Å². The first kappa shape index (κ1) is 11.9. The minimum atomic E-state index is -2.91. The number of para-hydroxylation sites is 1. The van der Waals surface area contributed by atoms with Crippen LogP contribution in [-0.2, 0) is 4.74 Å². The molecule has 0 aliphatic carbocycles. The molecule has 0 saturated heterocycles. The van der Waals surface area contributed by atoms with Gasteiger partial charge in [0.15, 0.2) is 0 Å². The van der Waals surface area contributed by atoms with Gasteiger partial charge in [-0.1, -0.05) is 18.2 Å². The highest BCUT2D eigenvalue weighted by molar-refractivity contribution is 5.38. The predicted molar refractivity (Wildman–Crippen MR) is 56.7 cm³/mol. The largest absolute Gasteiger partial charge is 0.495 e. The van der Waals surface area contributed by atoms with Gasteiger partial charge in [0.25, 0.3) is 0 Å². The van der Waals surface area contributed by atoms with Crippen molar-refractivity contribution >= 4 is 0 Å². The van der Waals surface area contributed by atoms with Crippen LogP contribution in [0.3, 0.4) is 0 Å². The monoisotopic (exact) mass is 242 g/mol. The standard InChI is InChI=1S/C12H12F2O3/c13-12(14)17-9-5-2-1-4-8(9)11(15)10-6-3-7-16-10/h1-2,4-6,11-12,15H,3,7H2. The van der Waals surface area contributed by atoms with Gasteiger partial charge in [0.1, 0.15) is 17.6 Å². The van der Waals surface area contributed by atoms with Gasteiger partial charge in [0, 0.05) is 12.0 Å². The second-order valence-electron chi connectivity index (χ2n) is 3.56. The third-order valence-corrected chi connectivity index (χ3v) is 2.43. The van der Waals surface area contributed by atoms with Crippen LogP contribution in [0.15, 0.2) is 36.1 Å². The van der Waals surface area contributed by atoms with Crippen LogP contribution in [0.4, 0.5) is 8.78 Å². The molecule has 3 nitrogen and oxygen atoms in total. The molecule has 0 radical (unpaired) electrons. The molecule has 1 aromatic rings. The van der Waals surface area contributed by atoms with Gasteiger partial charge in [0.05, 0.1) is 6.61 Å². The second-order valence-corrected chi connectivity index (χ2v) is 3.56. The molecule has 1 unspecified atom stereocenters. The quantitative estimate of drug-likeness (QED) is 0.882. The lowest BCUT2D eigenvalue weighted by atomic mass is 10.1. The van der Waals surface area contributed by atoms with Crippen LogP contribution >= 0.6 is 0 Å². The number of ether oxygens (including phenoxy) is 2. The molecule has 17 heavy (non-hydrogen) atoms. The van der Waals surface area contributed by atoms with E-state index in [1.807, 2.05) is 0 Å². The van der Waals surface area contributed by atoms with E-state index in [1.54, 1.807) is 18.2 Å². The van der Waals surface area contributed by atoms with Crippen molar-refractivity contribution in [1.29, 1.82) is 0 Å². The molecule has 1 aliphatic rings. The van der Waals surface area contributed by atoms with E-state index in [0.29, 0.717) is 18.8 Å². The van der Waals surface area contributed by atoms with E-state index in [-0.39, 0.29) is 11.3 Å². The lowest BCUT2D eigenvalue weighted by molar-refractivity contribution is -0.0516. The molecule has 0 spiro atoms. The van der Waals surface area contributed by atoms with E-state index in [2.05, 4.69) is 4.74 Å². The zero-order valence-corrected chi connectivity index (χ0v) is 8.98. The van der Waals surface area contributed by atoms with Gasteiger partial charge in [0.2, 0.25) is 0 Å². The van der Waals surface area contributed by atoms with E-state index in [1.165, 1.54) is 12.1 Å². The molecule has 5 heteroatoms. The van der Waals surface area contributed by atoms with E-state index in [9.17, 15) is 13.9 Å². The highest BCUT2D eigenvalue weighted by atomic mass is 19.3. The van der Waals surface area contributed by atoms with Crippen molar-refractivity contribution in [3.05, 3.63) is 41.7 Å². The van der Waals surface area contributed by atoms with Gasteiger partial charge in [-0.2, -0.15) is 8.78 Å². The highest BCUT2D eigenvalue weighted by Gasteiger charge is 2.22. The molecule has 1 atom stereocenters. The van der Waals surface area contributed by atoms with Gasteiger partial charge in [-0.3, -0.25) is 0 Å². The van der Waals surface area contributed by atoms with Crippen molar-refractivity contribution in [1.82, 2.24) is 0 Å². The molecule has 1 aromatic carbocycles. The van der Waals surface area contributed by atoms with Crippen molar-refractivity contribution in [3.63, 3.8) is 0 Å². The maximum atomic E-state index is 12.2. The smallest absolute Gasteiger partial charge is 0.387 e. The molecule has 1 heterocycles. The summed E-state index contributed by atoms with van der Waals surface area (Å²) in [5.74, 6) is 0.349. The van der Waals surface area contributed by atoms with Crippen LogP contribution < -0.4 is 4.74 Å². The molecule has 0 saturated carbocycles. The van der Waals surface area contributed by atoms with Gasteiger partial charge in [-0.25, -0.2) is 0 Å². The average Bonchev–Trinajstić information content (AvgIpc) is 2.81. The second kappa shape index (κ2) is 5.14. The summed E-state index contributed by atoms with van der Waals surface area (Å²) >= 11 is 0. The van der Waals surface area contributed by atoms with Gasteiger partial charge in [-0.15, -0.1) is 0 Å². The number of rotatable bonds is 4. The zero-order chi connectivity index (χ0) is 12.3. The molecule has 0 aromatic heterocycles. The Kier molecular flexibility index (Phi) is 3.58. The van der Waals surface area contributed by atoms with Crippen LogP contribution in [0.25, 0.3) is 0 Å². The summed E-state index contributed by atoms with van der Waals surface area (Å²) in [6.45, 7) is -2.41. The maximum absolute atomic E-state index is 12.2. The molecule has 0 fully saturated rings. The summed E-state index contributed by atoms with van der Waals surface area (Å²) in [5.41, 5.74) is 0.279. The number of aliphatic hydroxyl groups excluding tert-OH is 1. The van der Waals surface area contributed by atoms with Crippen LogP contribution in [0.2, 0.25) is 0 Å². The number of hydrogen-bond acceptors (Lipinski definition) is 3. The van der Waals surface area contributed by atoms with Crippen molar-refractivity contribution in [2.24, 2.45) is 0 Å². The van der Waals surface area contributed by atoms with Crippen LogP contribution in [0.1, 0.15) is 18.1 Å². The first-order valence-corrected chi connectivity index (χ1v) is 5.23. The third kappa shape index (κ3) is 2.74. The summed E-state index contributed by atoms with van der Waals surface area (Å²) in [6.07, 6.45) is 1.39. The molecule has 2 rings (SSSR count). The summed E-state index contributed by atoms with van der Waals surface area (Å²) < 4.78 is 33.9. The van der Waals surface area contributed by atoms with E-state index < -0.39 is 12.7 Å². The molecular formula is C12H12F2O3. The Bertz CT molecular complexity index is 418. The van der Waals surface area contributed by atoms with Gasteiger partial charge in [-0.05, 0) is 12.1 Å². The van der Waals surface area contributed by atoms with Crippen molar-refractivity contribution in [3.8, 4) is 5.75 Å². The normalized spacial score (nSPS) is 16.6. The molecule has 1 aliphatic heterocycles.